The van der Waals surface area contributed by atoms with Crippen LogP contribution in [0.3, 0.4) is 0 Å². The van der Waals surface area contributed by atoms with Gasteiger partial charge in [-0.2, -0.15) is 13.2 Å². The Morgan fingerprint density at radius 3 is 2.24 bits per heavy atom. The average molecular weight is 350 g/mol. The number of hydrogen-bond donors (Lipinski definition) is 1. The fraction of sp³-hybridized carbons (Fsp3) is 0.421. The van der Waals surface area contributed by atoms with Crippen molar-refractivity contribution in [2.75, 3.05) is 18.8 Å². The predicted octanol–water partition coefficient (Wildman–Crippen LogP) is 3.97. The van der Waals surface area contributed by atoms with Gasteiger partial charge in [-0.25, -0.2) is 0 Å². The van der Waals surface area contributed by atoms with Gasteiger partial charge in [0.1, 0.15) is 5.54 Å². The molecular weight excluding hydrogens is 329 g/mol. The second kappa shape index (κ2) is 6.67. The topological polar surface area (TPSA) is 46.3 Å². The summed E-state index contributed by atoms with van der Waals surface area (Å²) in [6.45, 7) is 1.02. The predicted molar refractivity (Wildman–Crippen MR) is 91.8 cm³/mol. The van der Waals surface area contributed by atoms with Crippen molar-refractivity contribution >= 4 is 17.0 Å². The van der Waals surface area contributed by atoms with Crippen LogP contribution in [0.25, 0.3) is 5.57 Å². The van der Waals surface area contributed by atoms with E-state index in [9.17, 15) is 18.0 Å². The zero-order valence-corrected chi connectivity index (χ0v) is 13.9. The van der Waals surface area contributed by atoms with Crippen LogP contribution in [0.15, 0.2) is 42.5 Å². The van der Waals surface area contributed by atoms with Gasteiger partial charge in [0.2, 0.25) is 0 Å². The molecular formula is C19H21F3N2O. The van der Waals surface area contributed by atoms with Crippen LogP contribution in [0, 0.1) is 0 Å². The molecule has 1 aromatic carbocycles. The molecule has 0 saturated carbocycles. The van der Waals surface area contributed by atoms with Crippen LogP contribution in [0.5, 0.6) is 0 Å². The molecule has 3 nitrogen and oxygen atoms in total. The molecule has 0 bridgehead atoms. The van der Waals surface area contributed by atoms with Crippen molar-refractivity contribution in [2.24, 2.45) is 0 Å². The molecule has 1 aromatic rings. The molecule has 1 unspecified atom stereocenters. The zero-order valence-electron chi connectivity index (χ0n) is 13.9. The molecule has 0 aromatic heterocycles. The lowest BCUT2D eigenvalue weighted by Crippen LogP contribution is -2.59. The number of benzene rings is 1. The number of ketones is 1. The molecule has 0 spiro atoms. The van der Waals surface area contributed by atoms with Crippen LogP contribution in [0.4, 0.5) is 18.9 Å². The lowest BCUT2D eigenvalue weighted by atomic mass is 9.80. The second-order valence-electron chi connectivity index (χ2n) is 6.62. The Morgan fingerprint density at radius 1 is 1.08 bits per heavy atom. The number of hydrogen-bond acceptors (Lipinski definition) is 3. The molecule has 1 heterocycles. The number of likely N-dealkylation sites (tertiary alicyclic amines) is 1. The Balaban J connectivity index is 1.92. The molecule has 25 heavy (non-hydrogen) atoms. The number of nitrogens with zero attached hydrogens (tertiary/aromatic N) is 1. The summed E-state index contributed by atoms with van der Waals surface area (Å²) in [5, 5.41) is 0. The summed E-state index contributed by atoms with van der Waals surface area (Å²) in [7, 11) is 0. The number of alkyl halides is 3. The van der Waals surface area contributed by atoms with E-state index in [1.165, 1.54) is 6.08 Å². The first-order valence-electron chi connectivity index (χ1n) is 8.45. The van der Waals surface area contributed by atoms with E-state index in [2.05, 4.69) is 0 Å². The van der Waals surface area contributed by atoms with E-state index in [0.717, 1.165) is 30.4 Å². The van der Waals surface area contributed by atoms with E-state index in [1.54, 1.807) is 29.2 Å². The quantitative estimate of drug-likeness (QED) is 0.839. The summed E-state index contributed by atoms with van der Waals surface area (Å²) in [6, 6.07) is 7.14. The minimum absolute atomic E-state index is 0.0293. The molecule has 1 atom stereocenters. The van der Waals surface area contributed by atoms with E-state index >= 15 is 0 Å². The maximum Gasteiger partial charge on any atom is 0.452 e. The van der Waals surface area contributed by atoms with E-state index in [1.807, 2.05) is 12.1 Å². The van der Waals surface area contributed by atoms with Gasteiger partial charge in [0.25, 0.3) is 5.78 Å². The molecule has 0 radical (unpaired) electrons. The highest BCUT2D eigenvalue weighted by Crippen LogP contribution is 2.38. The van der Waals surface area contributed by atoms with E-state index in [0.29, 0.717) is 18.8 Å². The van der Waals surface area contributed by atoms with E-state index in [4.69, 9.17) is 5.73 Å². The fourth-order valence-electron chi connectivity index (χ4n) is 3.60. The van der Waals surface area contributed by atoms with Crippen LogP contribution in [-0.2, 0) is 4.79 Å². The molecule has 134 valence electrons. The van der Waals surface area contributed by atoms with Crippen LogP contribution < -0.4 is 5.73 Å². The van der Waals surface area contributed by atoms with Gasteiger partial charge in [0, 0.05) is 5.69 Å². The third kappa shape index (κ3) is 3.49. The van der Waals surface area contributed by atoms with Gasteiger partial charge in [-0.15, -0.1) is 0 Å². The van der Waals surface area contributed by atoms with Crippen molar-refractivity contribution in [3.05, 3.63) is 48.1 Å². The van der Waals surface area contributed by atoms with Gasteiger partial charge >= 0.3 is 6.18 Å². The monoisotopic (exact) mass is 350 g/mol. The molecule has 2 aliphatic rings. The number of nitrogen functional groups attached to an aromatic ring is 1. The third-order valence-electron chi connectivity index (χ3n) is 4.99. The minimum atomic E-state index is -4.85. The molecule has 1 aliphatic carbocycles. The number of carbonyl (C=O) groups is 1. The smallest absolute Gasteiger partial charge is 0.399 e. The van der Waals surface area contributed by atoms with Crippen molar-refractivity contribution in [1.29, 1.82) is 0 Å². The summed E-state index contributed by atoms with van der Waals surface area (Å²) in [6.07, 6.45) is 2.60. The number of halogens is 3. The lowest BCUT2D eigenvalue weighted by molar-refractivity contribution is -0.181. The minimum Gasteiger partial charge on any atom is -0.399 e. The molecule has 6 heteroatoms. The normalized spacial score (nSPS) is 24.8. The number of nitrogens with two attached hydrogens (primary N) is 1. The Bertz CT molecular complexity index is 700. The number of Topliss-reactive ketones (excluding diaryl/α,β-unsaturated/α-hetero) is 1. The van der Waals surface area contributed by atoms with Crippen molar-refractivity contribution in [3.8, 4) is 0 Å². The van der Waals surface area contributed by atoms with Crippen LogP contribution in [-0.4, -0.2) is 35.5 Å². The molecule has 3 rings (SSSR count). The number of anilines is 1. The highest BCUT2D eigenvalue weighted by atomic mass is 19.4. The molecule has 1 saturated heterocycles. The van der Waals surface area contributed by atoms with Gasteiger partial charge < -0.3 is 5.73 Å². The van der Waals surface area contributed by atoms with Gasteiger partial charge in [-0.1, -0.05) is 36.8 Å². The van der Waals surface area contributed by atoms with Gasteiger partial charge in [0.05, 0.1) is 0 Å². The molecule has 1 fully saturated rings. The summed E-state index contributed by atoms with van der Waals surface area (Å²) in [5.41, 5.74) is 6.36. The number of piperidine rings is 1. The van der Waals surface area contributed by atoms with Crippen LogP contribution in [0.1, 0.15) is 31.2 Å². The zero-order chi connectivity index (χ0) is 18.1. The van der Waals surface area contributed by atoms with Crippen molar-refractivity contribution in [2.45, 2.75) is 37.4 Å². The lowest BCUT2D eigenvalue weighted by Gasteiger charge is -2.43. The Hall–Kier alpha value is -2.08. The highest BCUT2D eigenvalue weighted by Gasteiger charge is 2.54. The first kappa shape index (κ1) is 17.7. The SMILES string of the molecule is Nc1ccc(C2=CCC(C(=O)C(F)(F)F)(N3CCCCC3)C=C2)cc1. The Morgan fingerprint density at radius 2 is 1.72 bits per heavy atom. The maximum atomic E-state index is 13.3. The number of allylic oxidation sites excluding steroid dienone is 2. The van der Waals surface area contributed by atoms with E-state index < -0.39 is 17.5 Å². The summed E-state index contributed by atoms with van der Waals surface area (Å²) in [4.78, 5) is 14.0. The molecule has 2 N–H and O–H groups in total. The van der Waals surface area contributed by atoms with Crippen molar-refractivity contribution in [3.63, 3.8) is 0 Å². The summed E-state index contributed by atoms with van der Waals surface area (Å²) in [5.74, 6) is -1.68. The Kier molecular flexibility index (Phi) is 4.73. The highest BCUT2D eigenvalue weighted by molar-refractivity contribution is 5.97. The van der Waals surface area contributed by atoms with Gasteiger partial charge in [0.15, 0.2) is 0 Å². The Labute approximate surface area is 145 Å². The summed E-state index contributed by atoms with van der Waals surface area (Å²) < 4.78 is 39.8. The fourth-order valence-corrected chi connectivity index (χ4v) is 3.60. The third-order valence-corrected chi connectivity index (χ3v) is 4.99. The summed E-state index contributed by atoms with van der Waals surface area (Å²) >= 11 is 0. The maximum absolute atomic E-state index is 13.3. The number of rotatable bonds is 3. The standard InChI is InChI=1S/C19H21F3N2O/c20-19(21,22)17(25)18(24-12-2-1-3-13-24)10-8-15(9-11-18)14-4-6-16(23)7-5-14/h4-10H,1-3,11-13,23H2. The number of carbonyl (C=O) groups excluding carboxylic acids is 1. The van der Waals surface area contributed by atoms with Gasteiger partial charge in [-0.3, -0.25) is 9.69 Å². The largest absolute Gasteiger partial charge is 0.452 e. The van der Waals surface area contributed by atoms with Crippen molar-refractivity contribution in [1.82, 2.24) is 4.90 Å². The van der Waals surface area contributed by atoms with E-state index in [-0.39, 0.29) is 6.42 Å². The first-order chi connectivity index (χ1) is 11.8. The molecule has 1 aliphatic heterocycles. The first-order valence-corrected chi connectivity index (χ1v) is 8.45. The van der Waals surface area contributed by atoms with Crippen LogP contribution >= 0.6 is 0 Å². The molecule has 0 amide bonds. The van der Waals surface area contributed by atoms with Gasteiger partial charge in [-0.05, 0) is 55.6 Å². The second-order valence-corrected chi connectivity index (χ2v) is 6.62. The van der Waals surface area contributed by atoms with Crippen LogP contribution in [0.2, 0.25) is 0 Å². The average Bonchev–Trinajstić information content (AvgIpc) is 2.62. The van der Waals surface area contributed by atoms with Crippen molar-refractivity contribution < 1.29 is 18.0 Å².